The molecule has 2 unspecified atom stereocenters. The van der Waals surface area contributed by atoms with Crippen LogP contribution in [0.4, 0.5) is 0 Å². The monoisotopic (exact) mass is 350 g/mol. The van der Waals surface area contributed by atoms with Crippen molar-refractivity contribution >= 4 is 43.5 Å². The number of halogens is 2. The molecule has 0 bridgehead atoms. The first-order valence-electron chi connectivity index (χ1n) is 5.73. The van der Waals surface area contributed by atoms with Gasteiger partial charge in [-0.2, -0.15) is 0 Å². The van der Waals surface area contributed by atoms with E-state index >= 15 is 0 Å². The normalized spacial score (nSPS) is 26.5. The smallest absolute Gasteiger partial charge is 0.0535 e. The van der Waals surface area contributed by atoms with Crippen LogP contribution in [0.2, 0.25) is 0 Å². The van der Waals surface area contributed by atoms with Gasteiger partial charge in [0.2, 0.25) is 0 Å². The fourth-order valence-electron chi connectivity index (χ4n) is 2.41. The van der Waals surface area contributed by atoms with E-state index in [-0.39, 0.29) is 0 Å². The number of hydrogen-bond donors (Lipinski definition) is 0. The first-order valence-corrected chi connectivity index (χ1v) is 7.57. The molecular formula is C15H12Br2. The average molecular weight is 352 g/mol. The van der Waals surface area contributed by atoms with Gasteiger partial charge in [0.25, 0.3) is 0 Å². The van der Waals surface area contributed by atoms with Crippen LogP contribution in [0.15, 0.2) is 48.1 Å². The van der Waals surface area contributed by atoms with E-state index in [1.807, 2.05) is 0 Å². The summed E-state index contributed by atoms with van der Waals surface area (Å²) in [5.41, 5.74) is 2.75. The van der Waals surface area contributed by atoms with E-state index in [2.05, 4.69) is 80.4 Å². The molecule has 0 spiro atoms. The highest BCUT2D eigenvalue weighted by Gasteiger charge is 2.26. The van der Waals surface area contributed by atoms with E-state index in [1.54, 1.807) is 0 Å². The van der Waals surface area contributed by atoms with Crippen LogP contribution in [0.3, 0.4) is 0 Å². The SMILES string of the molecule is BrC1CC=C2C=CC=c3ccccc3=C2C1Br. The molecule has 0 heterocycles. The summed E-state index contributed by atoms with van der Waals surface area (Å²) in [6, 6.07) is 8.59. The Morgan fingerprint density at radius 2 is 1.94 bits per heavy atom. The predicted octanol–water partition coefficient (Wildman–Crippen LogP) is 3.04. The molecule has 86 valence electrons. The molecule has 2 aliphatic rings. The molecule has 0 fully saturated rings. The third kappa shape index (κ3) is 1.98. The maximum Gasteiger partial charge on any atom is 0.0535 e. The Bertz CT molecular complexity index is 623. The van der Waals surface area contributed by atoms with Crippen LogP contribution < -0.4 is 10.4 Å². The first-order chi connectivity index (χ1) is 8.27. The highest BCUT2D eigenvalue weighted by atomic mass is 79.9. The Labute approximate surface area is 118 Å². The summed E-state index contributed by atoms with van der Waals surface area (Å²) in [4.78, 5) is 0.848. The predicted molar refractivity (Wildman–Crippen MR) is 80.8 cm³/mol. The minimum absolute atomic E-state index is 0.375. The molecule has 17 heavy (non-hydrogen) atoms. The lowest BCUT2D eigenvalue weighted by molar-refractivity contribution is 0.911. The molecule has 0 aromatic heterocycles. The molecule has 0 saturated carbocycles. The molecule has 2 atom stereocenters. The van der Waals surface area contributed by atoms with Crippen LogP contribution >= 0.6 is 31.9 Å². The lowest BCUT2D eigenvalue weighted by atomic mass is 9.91. The summed E-state index contributed by atoms with van der Waals surface area (Å²) < 4.78 is 0. The fourth-order valence-corrected chi connectivity index (χ4v) is 3.59. The lowest BCUT2D eigenvalue weighted by Gasteiger charge is -2.25. The van der Waals surface area contributed by atoms with Crippen LogP contribution in [0.25, 0.3) is 11.6 Å². The van der Waals surface area contributed by atoms with Crippen LogP contribution in [0.1, 0.15) is 6.42 Å². The van der Waals surface area contributed by atoms with Gasteiger partial charge in [0.05, 0.1) is 4.83 Å². The number of allylic oxidation sites excluding steroid dienone is 4. The molecule has 0 nitrogen and oxygen atoms in total. The van der Waals surface area contributed by atoms with Crippen molar-refractivity contribution in [3.63, 3.8) is 0 Å². The highest BCUT2D eigenvalue weighted by Crippen LogP contribution is 2.35. The quantitative estimate of drug-likeness (QED) is 0.630. The Morgan fingerprint density at radius 3 is 2.82 bits per heavy atom. The van der Waals surface area contributed by atoms with E-state index in [0.29, 0.717) is 9.65 Å². The molecule has 2 aliphatic carbocycles. The maximum atomic E-state index is 3.83. The van der Waals surface area contributed by atoms with E-state index < -0.39 is 0 Å². The molecule has 1 aromatic carbocycles. The zero-order chi connectivity index (χ0) is 11.8. The van der Waals surface area contributed by atoms with Gasteiger partial charge in [-0.25, -0.2) is 0 Å². The van der Waals surface area contributed by atoms with E-state index in [4.69, 9.17) is 0 Å². The van der Waals surface area contributed by atoms with Gasteiger partial charge in [-0.05, 0) is 28.0 Å². The third-order valence-electron chi connectivity index (χ3n) is 3.27. The lowest BCUT2D eigenvalue weighted by Crippen LogP contribution is -2.33. The van der Waals surface area contributed by atoms with Crippen LogP contribution in [0.5, 0.6) is 0 Å². The summed E-state index contributed by atoms with van der Waals surface area (Å²) >= 11 is 7.57. The molecule has 1 aromatic rings. The molecular weight excluding hydrogens is 340 g/mol. The van der Waals surface area contributed by atoms with Gasteiger partial charge in [-0.15, -0.1) is 0 Å². The zero-order valence-corrected chi connectivity index (χ0v) is 12.4. The number of benzene rings is 1. The van der Waals surface area contributed by atoms with E-state index in [9.17, 15) is 0 Å². The minimum Gasteiger partial charge on any atom is -0.0871 e. The summed E-state index contributed by atoms with van der Waals surface area (Å²) in [7, 11) is 0. The number of fused-ring (bicyclic) bond motifs is 2. The molecule has 0 radical (unpaired) electrons. The van der Waals surface area contributed by atoms with Crippen molar-refractivity contribution in [3.8, 4) is 0 Å². The highest BCUT2D eigenvalue weighted by molar-refractivity contribution is 9.12. The second kappa shape index (κ2) is 4.58. The van der Waals surface area contributed by atoms with Gasteiger partial charge in [0.1, 0.15) is 0 Å². The molecule has 3 rings (SSSR count). The summed E-state index contributed by atoms with van der Waals surface area (Å²) in [6.45, 7) is 0. The molecule has 0 N–H and O–H groups in total. The van der Waals surface area contributed by atoms with E-state index in [0.717, 1.165) is 6.42 Å². The second-order valence-corrected chi connectivity index (χ2v) is 6.50. The summed E-state index contributed by atoms with van der Waals surface area (Å²) in [5.74, 6) is 0. The zero-order valence-electron chi connectivity index (χ0n) is 9.24. The topological polar surface area (TPSA) is 0 Å². The minimum atomic E-state index is 0.375. The van der Waals surface area contributed by atoms with Crippen molar-refractivity contribution < 1.29 is 0 Å². The van der Waals surface area contributed by atoms with Gasteiger partial charge in [0.15, 0.2) is 0 Å². The maximum absolute atomic E-state index is 3.83. The Balaban J connectivity index is 2.41. The molecule has 2 heteroatoms. The molecule has 0 saturated heterocycles. The van der Waals surface area contributed by atoms with Gasteiger partial charge in [-0.3, -0.25) is 0 Å². The molecule has 0 aliphatic heterocycles. The fraction of sp³-hybridized carbons (Fsp3) is 0.200. The van der Waals surface area contributed by atoms with Crippen molar-refractivity contribution in [2.24, 2.45) is 0 Å². The van der Waals surface area contributed by atoms with Crippen LogP contribution in [-0.4, -0.2) is 9.65 Å². The average Bonchev–Trinajstić information content (AvgIpc) is 2.53. The van der Waals surface area contributed by atoms with Gasteiger partial charge >= 0.3 is 0 Å². The number of rotatable bonds is 0. The summed E-state index contributed by atoms with van der Waals surface area (Å²) in [5, 5.41) is 2.64. The Hall–Kier alpha value is -0.600. The van der Waals surface area contributed by atoms with Gasteiger partial charge in [0, 0.05) is 4.83 Å². The second-order valence-electron chi connectivity index (χ2n) is 4.34. The largest absolute Gasteiger partial charge is 0.0871 e. The van der Waals surface area contributed by atoms with Gasteiger partial charge in [-0.1, -0.05) is 80.4 Å². The van der Waals surface area contributed by atoms with Crippen LogP contribution in [0, 0.1) is 0 Å². The van der Waals surface area contributed by atoms with Crippen molar-refractivity contribution in [3.05, 3.63) is 58.5 Å². The molecule has 0 amide bonds. The standard InChI is InChI=1S/C15H12Br2/c16-13-9-8-11-6-3-5-10-4-1-2-7-12(10)14(11)15(13)17/h1-8,13,15H,9H2. The Morgan fingerprint density at radius 1 is 1.12 bits per heavy atom. The first kappa shape index (κ1) is 11.5. The van der Waals surface area contributed by atoms with Crippen molar-refractivity contribution in [1.29, 1.82) is 0 Å². The van der Waals surface area contributed by atoms with Crippen molar-refractivity contribution in [2.45, 2.75) is 16.1 Å². The number of hydrogen-bond acceptors (Lipinski definition) is 0. The van der Waals surface area contributed by atoms with Crippen molar-refractivity contribution in [2.75, 3.05) is 0 Å². The number of alkyl halides is 2. The van der Waals surface area contributed by atoms with Crippen LogP contribution in [-0.2, 0) is 0 Å². The summed E-state index contributed by atoms with van der Waals surface area (Å²) in [6.07, 6.45) is 9.93. The Kier molecular flexibility index (Phi) is 3.10. The third-order valence-corrected chi connectivity index (χ3v) is 5.98. The van der Waals surface area contributed by atoms with Crippen molar-refractivity contribution in [1.82, 2.24) is 0 Å². The van der Waals surface area contributed by atoms with E-state index in [1.165, 1.54) is 21.6 Å². The van der Waals surface area contributed by atoms with Gasteiger partial charge < -0.3 is 0 Å².